The molecule has 0 unspecified atom stereocenters. The van der Waals surface area contributed by atoms with Crippen LogP contribution in [0.15, 0.2) is 0 Å². The molecule has 2 aliphatic rings. The Balaban J connectivity index is 2.29. The first-order valence-electron chi connectivity index (χ1n) is 5.12. The largest absolute Gasteiger partial charge is 0.343 e. The number of hydrogen-bond acceptors (Lipinski definition) is 2. The second-order valence-electron chi connectivity index (χ2n) is 5.51. The molecule has 76 valence electrons. The Bertz CT molecular complexity index is 216. The van der Waals surface area contributed by atoms with Crippen LogP contribution in [0.1, 0.15) is 41.5 Å². The summed E-state index contributed by atoms with van der Waals surface area (Å²) in [6, 6.07) is 0. The zero-order chi connectivity index (χ0) is 10.1. The van der Waals surface area contributed by atoms with Gasteiger partial charge in [-0.3, -0.25) is 0 Å². The topological polar surface area (TPSA) is 18.5 Å². The van der Waals surface area contributed by atoms with Gasteiger partial charge in [0.05, 0.1) is 12.2 Å². The van der Waals surface area contributed by atoms with E-state index >= 15 is 0 Å². The summed E-state index contributed by atoms with van der Waals surface area (Å²) in [7, 11) is 0. The smallest absolute Gasteiger partial charge is 0.180 e. The van der Waals surface area contributed by atoms with E-state index in [1.54, 1.807) is 0 Å². The molecule has 2 rings (SSSR count). The van der Waals surface area contributed by atoms with Gasteiger partial charge in [-0.2, -0.15) is 0 Å². The average Bonchev–Trinajstić information content (AvgIpc) is 2.30. The zero-order valence-corrected chi connectivity index (χ0v) is 9.47. The molecule has 0 amide bonds. The minimum atomic E-state index is -0.321. The maximum atomic E-state index is 5.98. The van der Waals surface area contributed by atoms with Crippen LogP contribution in [0.2, 0.25) is 0 Å². The van der Waals surface area contributed by atoms with E-state index in [4.69, 9.17) is 9.47 Å². The van der Waals surface area contributed by atoms with E-state index in [1.165, 1.54) is 0 Å². The highest BCUT2D eigenvalue weighted by atomic mass is 16.8. The summed E-state index contributed by atoms with van der Waals surface area (Å²) in [5, 5.41) is 0. The van der Waals surface area contributed by atoms with Gasteiger partial charge in [-0.15, -0.1) is 0 Å². The van der Waals surface area contributed by atoms with E-state index in [9.17, 15) is 0 Å². The Morgan fingerprint density at radius 2 is 1.08 bits per heavy atom. The minimum absolute atomic E-state index is 0.138. The van der Waals surface area contributed by atoms with Gasteiger partial charge in [-0.05, 0) is 13.8 Å². The molecule has 2 nitrogen and oxygen atoms in total. The van der Waals surface area contributed by atoms with E-state index in [0.29, 0.717) is 0 Å². The molecule has 1 spiro atoms. The lowest BCUT2D eigenvalue weighted by atomic mass is 10.0. The molecule has 1 saturated heterocycles. The lowest BCUT2D eigenvalue weighted by Gasteiger charge is -2.13. The Hall–Kier alpha value is -0.0800. The normalized spacial score (nSPS) is 43.8. The van der Waals surface area contributed by atoms with Crippen molar-refractivity contribution in [2.24, 2.45) is 10.8 Å². The maximum absolute atomic E-state index is 5.98. The molecule has 1 heterocycles. The number of hydrogen-bond donors (Lipinski definition) is 0. The van der Waals surface area contributed by atoms with Gasteiger partial charge in [0.2, 0.25) is 0 Å². The third-order valence-corrected chi connectivity index (χ3v) is 4.51. The Kier molecular flexibility index (Phi) is 1.54. The molecule has 2 heteroatoms. The van der Waals surface area contributed by atoms with E-state index in [-0.39, 0.29) is 28.8 Å². The van der Waals surface area contributed by atoms with Gasteiger partial charge in [-0.1, -0.05) is 27.7 Å². The van der Waals surface area contributed by atoms with Crippen molar-refractivity contribution >= 4 is 0 Å². The fourth-order valence-corrected chi connectivity index (χ4v) is 2.54. The van der Waals surface area contributed by atoms with E-state index in [1.807, 2.05) is 0 Å². The fourth-order valence-electron chi connectivity index (χ4n) is 2.54. The van der Waals surface area contributed by atoms with E-state index in [2.05, 4.69) is 41.5 Å². The summed E-state index contributed by atoms with van der Waals surface area (Å²) >= 11 is 0. The molecule has 0 radical (unpaired) electrons. The molecule has 1 aliphatic heterocycles. The van der Waals surface area contributed by atoms with Crippen molar-refractivity contribution < 1.29 is 9.47 Å². The van der Waals surface area contributed by atoms with Crippen molar-refractivity contribution in [3.05, 3.63) is 0 Å². The predicted molar refractivity (Wildman–Crippen MR) is 51.4 cm³/mol. The first-order chi connectivity index (χ1) is 5.76. The molecule has 0 aromatic rings. The van der Waals surface area contributed by atoms with Gasteiger partial charge in [-0.25, -0.2) is 0 Å². The van der Waals surface area contributed by atoms with Crippen LogP contribution in [0.25, 0.3) is 0 Å². The lowest BCUT2D eigenvalue weighted by molar-refractivity contribution is -0.131. The molecule has 2 fully saturated rings. The van der Waals surface area contributed by atoms with Gasteiger partial charge < -0.3 is 9.47 Å². The SMILES string of the molecule is C[C@H]1OC2(O[C@@H]1C)C(C)(C)C2(C)C. The number of ether oxygens (including phenoxy) is 2. The standard InChI is InChI=1S/C11H20O2/c1-7-8(2)13-11(12-7)9(3,4)10(11,5)6/h7-8H,1-6H3/t7-,8-/m1/s1. The molecule has 2 atom stereocenters. The number of rotatable bonds is 0. The van der Waals surface area contributed by atoms with Crippen molar-refractivity contribution in [2.75, 3.05) is 0 Å². The zero-order valence-electron chi connectivity index (χ0n) is 9.47. The van der Waals surface area contributed by atoms with Crippen LogP contribution >= 0.6 is 0 Å². The molecule has 1 aliphatic carbocycles. The van der Waals surface area contributed by atoms with Crippen molar-refractivity contribution in [3.63, 3.8) is 0 Å². The minimum Gasteiger partial charge on any atom is -0.343 e. The second kappa shape index (κ2) is 2.12. The lowest BCUT2D eigenvalue weighted by Crippen LogP contribution is -2.20. The third-order valence-electron chi connectivity index (χ3n) is 4.51. The molecule has 1 saturated carbocycles. The summed E-state index contributed by atoms with van der Waals surface area (Å²) in [4.78, 5) is 0. The Morgan fingerprint density at radius 1 is 0.769 bits per heavy atom. The van der Waals surface area contributed by atoms with Gasteiger partial charge in [0, 0.05) is 10.8 Å². The summed E-state index contributed by atoms with van der Waals surface area (Å²) in [6.07, 6.45) is 0.446. The van der Waals surface area contributed by atoms with Crippen LogP contribution in [0.4, 0.5) is 0 Å². The maximum Gasteiger partial charge on any atom is 0.180 e. The summed E-state index contributed by atoms with van der Waals surface area (Å²) in [5.41, 5.74) is 0.276. The molecule has 0 aromatic heterocycles. The molecular weight excluding hydrogens is 164 g/mol. The summed E-state index contributed by atoms with van der Waals surface area (Å²) in [5.74, 6) is -0.321. The first kappa shape index (κ1) is 9.47. The molecule has 13 heavy (non-hydrogen) atoms. The quantitative estimate of drug-likeness (QED) is 0.576. The van der Waals surface area contributed by atoms with Crippen LogP contribution in [0.3, 0.4) is 0 Å². The summed E-state index contributed by atoms with van der Waals surface area (Å²) < 4.78 is 12.0. The second-order valence-corrected chi connectivity index (χ2v) is 5.51. The van der Waals surface area contributed by atoms with Gasteiger partial charge >= 0.3 is 0 Å². The first-order valence-corrected chi connectivity index (χ1v) is 5.12. The highest BCUT2D eigenvalue weighted by Crippen LogP contribution is 2.75. The highest BCUT2D eigenvalue weighted by molar-refractivity contribution is 5.23. The monoisotopic (exact) mass is 184 g/mol. The summed E-state index contributed by atoms with van der Waals surface area (Å²) in [6.45, 7) is 13.1. The van der Waals surface area contributed by atoms with Crippen LogP contribution in [0, 0.1) is 10.8 Å². The van der Waals surface area contributed by atoms with Gasteiger partial charge in [0.1, 0.15) is 0 Å². The molecule has 0 bridgehead atoms. The predicted octanol–water partition coefficient (Wildman–Crippen LogP) is 2.57. The van der Waals surface area contributed by atoms with Crippen molar-refractivity contribution in [1.82, 2.24) is 0 Å². The van der Waals surface area contributed by atoms with Gasteiger partial charge in [0.25, 0.3) is 0 Å². The Morgan fingerprint density at radius 3 is 1.23 bits per heavy atom. The fraction of sp³-hybridized carbons (Fsp3) is 1.00. The van der Waals surface area contributed by atoms with E-state index in [0.717, 1.165) is 0 Å². The van der Waals surface area contributed by atoms with Crippen LogP contribution in [-0.2, 0) is 9.47 Å². The van der Waals surface area contributed by atoms with Crippen molar-refractivity contribution in [1.29, 1.82) is 0 Å². The van der Waals surface area contributed by atoms with Crippen LogP contribution < -0.4 is 0 Å². The molecule has 0 aromatic carbocycles. The van der Waals surface area contributed by atoms with Crippen molar-refractivity contribution in [2.45, 2.75) is 59.5 Å². The van der Waals surface area contributed by atoms with Crippen LogP contribution in [0.5, 0.6) is 0 Å². The van der Waals surface area contributed by atoms with Crippen LogP contribution in [-0.4, -0.2) is 18.0 Å². The Labute approximate surface area is 80.6 Å². The average molecular weight is 184 g/mol. The van der Waals surface area contributed by atoms with Crippen molar-refractivity contribution in [3.8, 4) is 0 Å². The van der Waals surface area contributed by atoms with E-state index < -0.39 is 0 Å². The van der Waals surface area contributed by atoms with Gasteiger partial charge in [0.15, 0.2) is 5.79 Å². The highest BCUT2D eigenvalue weighted by Gasteiger charge is 2.83. The molecule has 0 N–H and O–H groups in total. The molecular formula is C11H20O2. The third kappa shape index (κ3) is 0.774.